The van der Waals surface area contributed by atoms with E-state index in [9.17, 15) is 33.6 Å². The van der Waals surface area contributed by atoms with E-state index in [2.05, 4.69) is 41.4 Å². The van der Waals surface area contributed by atoms with Crippen LogP contribution < -0.4 is 48.7 Å². The molecule has 64 heavy (non-hydrogen) atoms. The summed E-state index contributed by atoms with van der Waals surface area (Å²) < 4.78 is 0. The van der Waals surface area contributed by atoms with Gasteiger partial charge in [-0.25, -0.2) is 0 Å². The van der Waals surface area contributed by atoms with E-state index in [0.29, 0.717) is 87.2 Å². The minimum absolute atomic E-state index is 0.107. The summed E-state index contributed by atoms with van der Waals surface area (Å²) in [7, 11) is 0. The highest BCUT2D eigenvalue weighted by Crippen LogP contribution is 2.38. The van der Waals surface area contributed by atoms with Gasteiger partial charge in [-0.3, -0.25) is 58.6 Å². The van der Waals surface area contributed by atoms with Crippen LogP contribution in [0, 0.1) is 5.92 Å². The number of nitrogens with two attached hydrogens (primary N) is 3. The van der Waals surface area contributed by atoms with E-state index < -0.39 is 41.8 Å². The molecule has 2 aromatic carbocycles. The predicted octanol–water partition coefficient (Wildman–Crippen LogP) is -0.434. The third kappa shape index (κ3) is 14.3. The van der Waals surface area contributed by atoms with Gasteiger partial charge in [0.1, 0.15) is 12.1 Å². The van der Waals surface area contributed by atoms with Crippen LogP contribution in [0.2, 0.25) is 0 Å². The first-order chi connectivity index (χ1) is 30.7. The van der Waals surface area contributed by atoms with Crippen molar-refractivity contribution in [1.29, 1.82) is 0 Å². The zero-order valence-electron chi connectivity index (χ0n) is 37.0. The Balaban J connectivity index is 1.01. The Kier molecular flexibility index (Phi) is 18.5. The maximum atomic E-state index is 13.9. The van der Waals surface area contributed by atoms with Crippen LogP contribution in [0.5, 0.6) is 0 Å². The number of nitrogens with one attached hydrogen (secondary N) is 5. The number of imide groups is 1. The third-order valence-electron chi connectivity index (χ3n) is 11.8. The number of piperazine rings is 1. The van der Waals surface area contributed by atoms with Crippen LogP contribution in [0.3, 0.4) is 0 Å². The number of rotatable bonds is 20. The molecule has 3 heterocycles. The average molecular weight is 888 g/mol. The van der Waals surface area contributed by atoms with Crippen LogP contribution in [-0.2, 0) is 28.8 Å². The molecule has 5 rings (SSSR count). The monoisotopic (exact) mass is 888 g/mol. The van der Waals surface area contributed by atoms with Gasteiger partial charge >= 0.3 is 0 Å². The second-order valence-electron chi connectivity index (χ2n) is 16.6. The normalized spacial score (nSPS) is 17.1. The van der Waals surface area contributed by atoms with Gasteiger partial charge in [-0.1, -0.05) is 24.3 Å². The van der Waals surface area contributed by atoms with Crippen molar-refractivity contribution in [2.45, 2.75) is 76.9 Å². The molecule has 0 aliphatic carbocycles. The van der Waals surface area contributed by atoms with Crippen LogP contribution in [0.1, 0.15) is 69.2 Å². The maximum absolute atomic E-state index is 13.9. The molecule has 3 aliphatic heterocycles. The molecule has 2 saturated heterocycles. The Bertz CT molecular complexity index is 1990. The topological polar surface area (TPSA) is 283 Å². The first-order valence-corrected chi connectivity index (χ1v) is 22.2. The van der Waals surface area contributed by atoms with E-state index in [1.807, 2.05) is 29.2 Å². The number of nitrogens with zero attached hydrogens (tertiary/aromatic N) is 5. The molecule has 2 fully saturated rings. The van der Waals surface area contributed by atoms with E-state index in [1.54, 1.807) is 29.2 Å². The van der Waals surface area contributed by atoms with Gasteiger partial charge in [-0.2, -0.15) is 0 Å². The summed E-state index contributed by atoms with van der Waals surface area (Å²) in [6.45, 7) is 8.50. The highest BCUT2D eigenvalue weighted by Gasteiger charge is 2.32. The molecular formula is C44H65N13O7. The molecule has 3 aliphatic rings. The van der Waals surface area contributed by atoms with Gasteiger partial charge in [-0.05, 0) is 95.3 Å². The number of fused-ring (bicyclic) bond motifs is 2. The Labute approximate surface area is 374 Å². The van der Waals surface area contributed by atoms with Crippen molar-refractivity contribution in [3.8, 4) is 0 Å². The largest absolute Gasteiger partial charge is 0.370 e. The Morgan fingerprint density at radius 2 is 1.50 bits per heavy atom. The lowest BCUT2D eigenvalue weighted by Crippen LogP contribution is -2.56. The second kappa shape index (κ2) is 24.2. The fraction of sp³-hybridized carbons (Fsp3) is 0.545. The maximum Gasteiger partial charge on any atom is 0.257 e. The number of benzene rings is 2. The molecule has 2 aromatic rings. The standard InChI is InChI=1S/C44H65N13O7/c1-29(40(61)53-43(64)35(10-7-18-45)51-30(2)58)50-42(63)34(15-19-49-44(46)47)48-20-23-54-24-26-56(27-25-54)38(59)14-13-31-16-21-55(22-17-31)28-39(60)57-36-11-5-3-8-32(36)41(62)52-33-9-4-6-12-37(33)57/h3-6,8-9,11-12,29,31,34-35,48H,7,10,13-28,45H2,1-2H3,(H,50,63)(H,51,58)(H,52,62)(H4,46,47,49)(H,53,61,64)/t29-,34-,35-/m0/s1. The number of hydrogen-bond acceptors (Lipinski definition) is 12. The summed E-state index contributed by atoms with van der Waals surface area (Å²) in [6, 6.07) is 11.7. The molecule has 0 saturated carbocycles. The third-order valence-corrected chi connectivity index (χ3v) is 11.8. The summed E-state index contributed by atoms with van der Waals surface area (Å²) in [4.78, 5) is 103. The van der Waals surface area contributed by atoms with Crippen molar-refractivity contribution in [2.75, 3.05) is 82.2 Å². The highest BCUT2D eigenvalue weighted by atomic mass is 16.2. The molecule has 7 amide bonds. The van der Waals surface area contributed by atoms with Gasteiger partial charge < -0.3 is 43.4 Å². The zero-order valence-corrected chi connectivity index (χ0v) is 37.0. The minimum Gasteiger partial charge on any atom is -0.370 e. The number of likely N-dealkylation sites (tertiary alicyclic amines) is 1. The molecule has 20 nitrogen and oxygen atoms in total. The Morgan fingerprint density at radius 3 is 2.19 bits per heavy atom. The highest BCUT2D eigenvalue weighted by molar-refractivity contribution is 6.18. The molecule has 348 valence electrons. The minimum atomic E-state index is -1.06. The summed E-state index contributed by atoms with van der Waals surface area (Å²) in [5.74, 6) is -2.27. The van der Waals surface area contributed by atoms with Crippen LogP contribution in [0.4, 0.5) is 17.1 Å². The van der Waals surface area contributed by atoms with Crippen LogP contribution in [0.15, 0.2) is 53.5 Å². The Hall–Kier alpha value is -5.96. The van der Waals surface area contributed by atoms with Gasteiger partial charge in [0.05, 0.1) is 35.2 Å². The molecular weight excluding hydrogens is 823 g/mol. The number of para-hydroxylation sites is 3. The van der Waals surface area contributed by atoms with Gasteiger partial charge in [0.15, 0.2) is 5.96 Å². The average Bonchev–Trinajstić information content (AvgIpc) is 3.40. The quantitative estimate of drug-likeness (QED) is 0.0620. The van der Waals surface area contributed by atoms with Gasteiger partial charge in [0.2, 0.25) is 35.4 Å². The van der Waals surface area contributed by atoms with Crippen LogP contribution in [-0.4, -0.2) is 152 Å². The van der Waals surface area contributed by atoms with E-state index >= 15 is 0 Å². The number of carbonyl (C=O) groups excluding carboxylic acids is 7. The van der Waals surface area contributed by atoms with E-state index in [-0.39, 0.29) is 49.6 Å². The van der Waals surface area contributed by atoms with Crippen molar-refractivity contribution >= 4 is 64.4 Å². The van der Waals surface area contributed by atoms with Gasteiger partial charge in [0.25, 0.3) is 5.91 Å². The first-order valence-electron chi connectivity index (χ1n) is 22.2. The number of piperidine rings is 1. The molecule has 0 spiro atoms. The van der Waals surface area contributed by atoms with Crippen molar-refractivity contribution in [3.05, 3.63) is 54.1 Å². The molecule has 0 unspecified atom stereocenters. The van der Waals surface area contributed by atoms with Crippen molar-refractivity contribution < 1.29 is 33.6 Å². The summed E-state index contributed by atoms with van der Waals surface area (Å²) in [5, 5.41) is 13.6. The lowest BCUT2D eigenvalue weighted by Gasteiger charge is -2.36. The predicted molar refractivity (Wildman–Crippen MR) is 243 cm³/mol. The van der Waals surface area contributed by atoms with Crippen LogP contribution in [0.25, 0.3) is 0 Å². The summed E-state index contributed by atoms with van der Waals surface area (Å²) >= 11 is 0. The number of carbonyl (C=O) groups is 7. The molecule has 0 radical (unpaired) electrons. The summed E-state index contributed by atoms with van der Waals surface area (Å²) in [5.41, 5.74) is 18.8. The van der Waals surface area contributed by atoms with Crippen molar-refractivity contribution in [1.82, 2.24) is 36.0 Å². The summed E-state index contributed by atoms with van der Waals surface area (Å²) in [6.07, 6.45) is 3.99. The SMILES string of the molecule is CC(=O)N[C@@H](CCCN)C(=O)NC(=O)[C@H](C)NC(=O)[C@H](CCN=C(N)N)NCCN1CCN(C(=O)CCC2CCN(CC(=O)N3c4ccccc4NC(=O)c4ccccc43)CC2)CC1. The smallest absolute Gasteiger partial charge is 0.257 e. The number of hydrogen-bond donors (Lipinski definition) is 8. The molecule has 0 bridgehead atoms. The number of aliphatic imine (C=N–C) groups is 1. The number of guanidine groups is 1. The number of anilines is 3. The molecule has 0 aromatic heterocycles. The fourth-order valence-electron chi connectivity index (χ4n) is 8.20. The zero-order chi connectivity index (χ0) is 46.2. The van der Waals surface area contributed by atoms with E-state index in [4.69, 9.17) is 17.2 Å². The van der Waals surface area contributed by atoms with Crippen molar-refractivity contribution in [3.63, 3.8) is 0 Å². The van der Waals surface area contributed by atoms with Crippen LogP contribution >= 0.6 is 0 Å². The Morgan fingerprint density at radius 1 is 0.812 bits per heavy atom. The van der Waals surface area contributed by atoms with Crippen molar-refractivity contribution in [2.24, 2.45) is 28.1 Å². The van der Waals surface area contributed by atoms with E-state index in [1.165, 1.54) is 13.8 Å². The molecule has 11 N–H and O–H groups in total. The van der Waals surface area contributed by atoms with Gasteiger partial charge in [0, 0.05) is 59.2 Å². The van der Waals surface area contributed by atoms with Gasteiger partial charge in [-0.15, -0.1) is 0 Å². The lowest BCUT2D eigenvalue weighted by molar-refractivity contribution is -0.136. The lowest BCUT2D eigenvalue weighted by atomic mass is 9.92. The number of amides is 7. The fourth-order valence-corrected chi connectivity index (χ4v) is 8.20. The molecule has 3 atom stereocenters. The first kappa shape index (κ1) is 49.1. The second-order valence-corrected chi connectivity index (χ2v) is 16.6. The molecule has 20 heteroatoms. The van der Waals surface area contributed by atoms with E-state index in [0.717, 1.165) is 32.4 Å².